The van der Waals surface area contributed by atoms with Gasteiger partial charge in [0.2, 0.25) is 0 Å². The van der Waals surface area contributed by atoms with E-state index >= 15 is 0 Å². The predicted octanol–water partition coefficient (Wildman–Crippen LogP) is 5.10. The molecule has 0 unspecified atom stereocenters. The predicted molar refractivity (Wildman–Crippen MR) is 147 cm³/mol. The number of rotatable bonds is 19. The summed E-state index contributed by atoms with van der Waals surface area (Å²) < 4.78 is 0. The lowest BCUT2D eigenvalue weighted by Crippen LogP contribution is -2.74. The molecule has 0 saturated carbocycles. The van der Waals surface area contributed by atoms with Gasteiger partial charge in [-0.3, -0.25) is 15.2 Å². The fourth-order valence-corrected chi connectivity index (χ4v) is 4.08. The van der Waals surface area contributed by atoms with Gasteiger partial charge < -0.3 is 15.2 Å². The molecule has 1 aromatic carbocycles. The number of quaternary nitrogens is 1. The number of nitro groups is 1. The number of H-pyrrole nitrogens is 1. The number of hydrogen-bond donors (Lipinski definition) is 2. The van der Waals surface area contributed by atoms with E-state index in [0.29, 0.717) is 0 Å². The van der Waals surface area contributed by atoms with Crippen molar-refractivity contribution in [3.63, 3.8) is 0 Å². The van der Waals surface area contributed by atoms with Gasteiger partial charge in [0, 0.05) is 29.4 Å². The van der Waals surface area contributed by atoms with Gasteiger partial charge in [-0.2, -0.15) is 5.10 Å². The molecule has 0 atom stereocenters. The van der Waals surface area contributed by atoms with E-state index in [2.05, 4.69) is 22.3 Å². The molecule has 3 N–H and O–H groups in total. The first kappa shape index (κ1) is 32.0. The highest BCUT2D eigenvalue weighted by Crippen LogP contribution is 2.25. The van der Waals surface area contributed by atoms with Crippen molar-refractivity contribution in [2.24, 2.45) is 0 Å². The fraction of sp³-hybridized carbons (Fsp3) is 0.586. The highest BCUT2D eigenvalue weighted by molar-refractivity contribution is 5.66. The Morgan fingerprint density at radius 3 is 1.95 bits per heavy atom. The van der Waals surface area contributed by atoms with Crippen molar-refractivity contribution >= 4 is 11.7 Å². The second-order valence-corrected chi connectivity index (χ2v) is 9.45. The maximum atomic E-state index is 10.8. The largest absolute Gasteiger partial charge is 0.550 e. The first-order valence-corrected chi connectivity index (χ1v) is 13.9. The molecule has 0 aliphatic rings. The Labute approximate surface area is 222 Å². The summed E-state index contributed by atoms with van der Waals surface area (Å²) in [4.78, 5) is 20.8. The fourth-order valence-electron chi connectivity index (χ4n) is 4.08. The van der Waals surface area contributed by atoms with E-state index in [-0.39, 0.29) is 17.0 Å². The zero-order valence-corrected chi connectivity index (χ0v) is 22.8. The third-order valence-corrected chi connectivity index (χ3v) is 6.07. The van der Waals surface area contributed by atoms with Gasteiger partial charge in [0.05, 0.1) is 25.2 Å². The number of aryl methyl sites for hydroxylation is 1. The molecule has 37 heavy (non-hydrogen) atoms. The number of allylic oxidation sites excluding steroid dienone is 2. The van der Waals surface area contributed by atoms with Gasteiger partial charge >= 0.3 is 0 Å². The molecule has 0 fully saturated rings. The summed E-state index contributed by atoms with van der Waals surface area (Å²) in [7, 11) is 4.00. The molecule has 8 nitrogen and oxygen atoms in total. The Bertz CT molecular complexity index is 894. The number of aromatic nitrogens is 2. The zero-order valence-electron chi connectivity index (χ0n) is 22.8. The summed E-state index contributed by atoms with van der Waals surface area (Å²) in [5, 5.41) is 30.4. The van der Waals surface area contributed by atoms with Gasteiger partial charge in [-0.1, -0.05) is 57.1 Å². The number of non-ortho nitro benzene ring substituents is 1. The number of carboxylic acid groups (broad SMARTS) is 1. The van der Waals surface area contributed by atoms with Crippen LogP contribution in [0.15, 0.2) is 42.6 Å². The summed E-state index contributed by atoms with van der Waals surface area (Å²) in [6.07, 6.45) is 22.3. The number of aliphatic carboxylic acids is 1. The summed E-state index contributed by atoms with van der Waals surface area (Å²) in [5.74, 6) is -0.938. The number of aromatic amines is 1. The van der Waals surface area contributed by atoms with Crippen LogP contribution in [0.5, 0.6) is 0 Å². The minimum absolute atomic E-state index is 0.101. The third kappa shape index (κ3) is 15.7. The maximum absolute atomic E-state index is 10.8. The third-order valence-electron chi connectivity index (χ3n) is 6.07. The van der Waals surface area contributed by atoms with Crippen molar-refractivity contribution in [3.8, 4) is 11.1 Å². The number of hydrogen-bond acceptors (Lipinski definition) is 5. The number of carbonyl (C=O) groups excluding carboxylic acids is 1. The van der Waals surface area contributed by atoms with Gasteiger partial charge in [0.15, 0.2) is 0 Å². The standard InChI is InChI=1S/C27H39N3O4.C2H7N/c31-27(32)17-15-13-11-9-7-5-3-1-2-4-6-8-10-12-14-16-26-25(22-28-29-26)23-18-20-24(21-19-23)30(33)34;1-3-2/h1,3,18-22H,2,4-17H2,(H,28,29)(H,31,32);3H,1-2H3. The number of unbranched alkanes of at least 4 members (excludes halogenated alkanes) is 11. The topological polar surface area (TPSA) is 129 Å². The van der Waals surface area contributed by atoms with E-state index in [1.54, 1.807) is 18.3 Å². The number of nitrogens with zero attached hydrogens (tertiary/aromatic N) is 2. The average molecular weight is 515 g/mol. The van der Waals surface area contributed by atoms with Crippen LogP contribution in [0, 0.1) is 10.1 Å². The smallest absolute Gasteiger partial charge is 0.269 e. The number of nitrogens with two attached hydrogens (primary N) is 1. The molecule has 0 amide bonds. The monoisotopic (exact) mass is 514 g/mol. The second kappa shape index (κ2) is 21.1. The molecule has 0 radical (unpaired) electrons. The molecule has 0 aliphatic carbocycles. The highest BCUT2D eigenvalue weighted by atomic mass is 16.6. The molecule has 2 rings (SSSR count). The SMILES string of the molecule is C[NH2+]C.O=C([O-])CCCCCCCC=CCCCCCCCCc1[nH]ncc1-c1ccc([N+](=O)[O-])cc1. The van der Waals surface area contributed by atoms with Crippen LogP contribution in [0.3, 0.4) is 0 Å². The summed E-state index contributed by atoms with van der Waals surface area (Å²) >= 11 is 0. The van der Waals surface area contributed by atoms with Crippen LogP contribution in [0.25, 0.3) is 11.1 Å². The first-order valence-electron chi connectivity index (χ1n) is 13.9. The normalized spacial score (nSPS) is 10.9. The summed E-state index contributed by atoms with van der Waals surface area (Å²) in [6.45, 7) is 0. The van der Waals surface area contributed by atoms with Gasteiger partial charge in [-0.05, 0) is 69.1 Å². The van der Waals surface area contributed by atoms with Crippen molar-refractivity contribution in [2.45, 2.75) is 96.3 Å². The van der Waals surface area contributed by atoms with Crippen LogP contribution in [0.2, 0.25) is 0 Å². The van der Waals surface area contributed by atoms with Crippen LogP contribution in [-0.4, -0.2) is 35.2 Å². The number of carboxylic acids is 1. The van der Waals surface area contributed by atoms with E-state index in [1.807, 2.05) is 19.4 Å². The molecular formula is C29H46N4O4. The van der Waals surface area contributed by atoms with Crippen LogP contribution in [0.4, 0.5) is 5.69 Å². The number of nitro benzene ring substituents is 1. The first-order chi connectivity index (χ1) is 18.0. The minimum Gasteiger partial charge on any atom is -0.550 e. The molecule has 0 saturated heterocycles. The van der Waals surface area contributed by atoms with Gasteiger partial charge in [-0.25, -0.2) is 0 Å². The molecule has 8 heteroatoms. The Balaban J connectivity index is 0.00000217. The van der Waals surface area contributed by atoms with Gasteiger partial charge in [0.25, 0.3) is 5.69 Å². The molecule has 1 heterocycles. The lowest BCUT2D eigenvalue weighted by Gasteiger charge is -2.04. The molecule has 0 spiro atoms. The molecule has 2 aromatic rings. The van der Waals surface area contributed by atoms with Crippen molar-refractivity contribution in [1.82, 2.24) is 10.2 Å². The van der Waals surface area contributed by atoms with E-state index in [9.17, 15) is 20.0 Å². The molecule has 0 aliphatic heterocycles. The molecule has 206 valence electrons. The quantitative estimate of drug-likeness (QED) is 0.117. The lowest BCUT2D eigenvalue weighted by molar-refractivity contribution is -0.597. The minimum atomic E-state index is -0.938. The Morgan fingerprint density at radius 1 is 0.892 bits per heavy atom. The van der Waals surface area contributed by atoms with E-state index in [4.69, 9.17) is 0 Å². The van der Waals surface area contributed by atoms with Gasteiger partial charge in [0.1, 0.15) is 0 Å². The van der Waals surface area contributed by atoms with Crippen molar-refractivity contribution in [1.29, 1.82) is 0 Å². The Morgan fingerprint density at radius 2 is 1.41 bits per heavy atom. The lowest BCUT2D eigenvalue weighted by atomic mass is 10.0. The molecule has 1 aromatic heterocycles. The van der Waals surface area contributed by atoms with Crippen LogP contribution in [0.1, 0.15) is 95.6 Å². The summed E-state index contributed by atoms with van der Waals surface area (Å²) in [5.41, 5.74) is 3.18. The average Bonchev–Trinajstić information content (AvgIpc) is 3.35. The van der Waals surface area contributed by atoms with Gasteiger partial charge in [-0.15, -0.1) is 0 Å². The van der Waals surface area contributed by atoms with Crippen molar-refractivity contribution in [3.05, 3.63) is 58.4 Å². The Kier molecular flexibility index (Phi) is 18.3. The zero-order chi connectivity index (χ0) is 27.1. The summed E-state index contributed by atoms with van der Waals surface area (Å²) in [6, 6.07) is 6.63. The van der Waals surface area contributed by atoms with Crippen LogP contribution in [-0.2, 0) is 11.2 Å². The highest BCUT2D eigenvalue weighted by Gasteiger charge is 2.10. The molecule has 0 bridgehead atoms. The number of nitrogens with one attached hydrogen (secondary N) is 1. The van der Waals surface area contributed by atoms with Crippen LogP contribution >= 0.6 is 0 Å². The van der Waals surface area contributed by atoms with E-state index < -0.39 is 5.97 Å². The Hall–Kier alpha value is -3.00. The van der Waals surface area contributed by atoms with E-state index in [1.165, 1.54) is 57.1 Å². The molecular weight excluding hydrogens is 468 g/mol. The number of carbonyl (C=O) groups is 1. The van der Waals surface area contributed by atoms with Crippen molar-refractivity contribution in [2.75, 3.05) is 14.1 Å². The number of benzene rings is 1. The second-order valence-electron chi connectivity index (χ2n) is 9.45. The van der Waals surface area contributed by atoms with Crippen LogP contribution < -0.4 is 10.4 Å². The van der Waals surface area contributed by atoms with Crippen molar-refractivity contribution < 1.29 is 20.1 Å². The van der Waals surface area contributed by atoms with E-state index in [0.717, 1.165) is 61.8 Å². The maximum Gasteiger partial charge on any atom is 0.269 e.